The van der Waals surface area contributed by atoms with Crippen molar-refractivity contribution in [3.05, 3.63) is 46.1 Å². The number of ether oxygens (including phenoxy) is 5. The zero-order chi connectivity index (χ0) is 28.5. The summed E-state index contributed by atoms with van der Waals surface area (Å²) in [5.74, 6) is -0.251. The summed E-state index contributed by atoms with van der Waals surface area (Å²) in [7, 11) is 1.48. The van der Waals surface area contributed by atoms with Crippen LogP contribution in [-0.2, 0) is 20.7 Å². The van der Waals surface area contributed by atoms with E-state index in [4.69, 9.17) is 28.1 Å². The van der Waals surface area contributed by atoms with E-state index in [1.165, 1.54) is 19.2 Å². The highest BCUT2D eigenvalue weighted by atomic mass is 16.7. The Labute approximate surface area is 227 Å². The summed E-state index contributed by atoms with van der Waals surface area (Å²) in [4.78, 5) is 26.2. The van der Waals surface area contributed by atoms with Crippen LogP contribution in [0.2, 0.25) is 0 Å². The van der Waals surface area contributed by atoms with E-state index in [-0.39, 0.29) is 40.9 Å². The maximum Gasteiger partial charge on any atom is 0.316 e. The van der Waals surface area contributed by atoms with Gasteiger partial charge in [-0.25, -0.2) is 0 Å². The molecule has 3 aromatic rings. The second-order valence-corrected chi connectivity index (χ2v) is 11.1. The molecule has 1 fully saturated rings. The molecule has 0 bridgehead atoms. The molecule has 1 N–H and O–H groups in total. The van der Waals surface area contributed by atoms with Gasteiger partial charge in [-0.2, -0.15) is 0 Å². The van der Waals surface area contributed by atoms with Crippen LogP contribution < -0.4 is 19.6 Å². The van der Waals surface area contributed by atoms with Crippen LogP contribution in [-0.4, -0.2) is 43.3 Å². The molecule has 1 atom stereocenters. The molecule has 0 spiro atoms. The largest absolute Gasteiger partial charge is 0.504 e. The topological polar surface area (TPSA) is 114 Å². The van der Waals surface area contributed by atoms with Crippen molar-refractivity contribution in [1.82, 2.24) is 0 Å². The molecule has 1 aromatic heterocycles. The summed E-state index contributed by atoms with van der Waals surface area (Å²) in [5.41, 5.74) is 0.133. The molecule has 9 heteroatoms. The third-order valence-corrected chi connectivity index (χ3v) is 6.32. The highest BCUT2D eigenvalue weighted by molar-refractivity contribution is 5.90. The molecule has 1 saturated heterocycles. The monoisotopic (exact) mass is 540 g/mol. The molecule has 1 aliphatic heterocycles. The first-order valence-electron chi connectivity index (χ1n) is 13.0. The molecule has 210 valence electrons. The lowest BCUT2D eigenvalue weighted by molar-refractivity contribution is -0.143. The first kappa shape index (κ1) is 28.4. The number of phenols is 1. The predicted molar refractivity (Wildman–Crippen MR) is 146 cm³/mol. The fourth-order valence-electron chi connectivity index (χ4n) is 4.33. The summed E-state index contributed by atoms with van der Waals surface area (Å²) >= 11 is 0. The summed E-state index contributed by atoms with van der Waals surface area (Å²) in [6, 6.07) is 7.79. The zero-order valence-corrected chi connectivity index (χ0v) is 23.5. The number of esters is 1. The third-order valence-electron chi connectivity index (χ3n) is 6.32. The van der Waals surface area contributed by atoms with Gasteiger partial charge in [0.2, 0.25) is 0 Å². The number of aromatic hydroxyl groups is 1. The number of methoxy groups -OCH3 is 1. The Kier molecular flexibility index (Phi) is 7.95. The summed E-state index contributed by atoms with van der Waals surface area (Å²) in [6.45, 7) is 11.4. The summed E-state index contributed by atoms with van der Waals surface area (Å²) in [6.07, 6.45) is 0.992. The molecule has 9 nitrogen and oxygen atoms in total. The minimum absolute atomic E-state index is 0.00168. The fraction of sp³-hybridized carbons (Fsp3) is 0.467. The summed E-state index contributed by atoms with van der Waals surface area (Å²) < 4.78 is 34.6. The Morgan fingerprint density at radius 1 is 1.15 bits per heavy atom. The highest BCUT2D eigenvalue weighted by Gasteiger charge is 2.33. The maximum absolute atomic E-state index is 13.4. The first-order chi connectivity index (χ1) is 18.3. The summed E-state index contributed by atoms with van der Waals surface area (Å²) in [5, 5.41) is 10.9. The van der Waals surface area contributed by atoms with Gasteiger partial charge in [0, 0.05) is 29.3 Å². The first-order valence-corrected chi connectivity index (χ1v) is 13.0. The maximum atomic E-state index is 13.4. The van der Waals surface area contributed by atoms with Gasteiger partial charge in [0.1, 0.15) is 40.9 Å². The number of rotatable bonds is 8. The van der Waals surface area contributed by atoms with E-state index in [9.17, 15) is 14.7 Å². The average Bonchev–Trinajstić information content (AvgIpc) is 3.21. The lowest BCUT2D eigenvalue weighted by atomic mass is 9.97. The molecule has 2 aromatic carbocycles. The molecule has 4 rings (SSSR count). The van der Waals surface area contributed by atoms with Crippen molar-refractivity contribution in [3.63, 3.8) is 0 Å². The van der Waals surface area contributed by atoms with E-state index < -0.39 is 22.6 Å². The van der Waals surface area contributed by atoms with E-state index in [1.807, 2.05) is 20.8 Å². The molecule has 0 amide bonds. The van der Waals surface area contributed by atoms with Gasteiger partial charge < -0.3 is 33.2 Å². The Hall–Kier alpha value is -3.56. The molecular formula is C30H36O9. The second-order valence-electron chi connectivity index (χ2n) is 11.1. The number of phenolic OH excluding ortho intramolecular Hbond substituents is 1. The average molecular weight is 541 g/mol. The van der Waals surface area contributed by atoms with Gasteiger partial charge in [-0.3, -0.25) is 9.59 Å². The van der Waals surface area contributed by atoms with Crippen molar-refractivity contribution >= 4 is 16.9 Å². The van der Waals surface area contributed by atoms with Crippen molar-refractivity contribution < 1.29 is 38.0 Å². The van der Waals surface area contributed by atoms with E-state index in [0.29, 0.717) is 35.7 Å². The van der Waals surface area contributed by atoms with Gasteiger partial charge >= 0.3 is 5.97 Å². The Bertz CT molecular complexity index is 1430. The number of hydrogen-bond acceptors (Lipinski definition) is 9. The van der Waals surface area contributed by atoms with Gasteiger partial charge in [0.15, 0.2) is 22.7 Å². The molecule has 1 aliphatic rings. The minimum Gasteiger partial charge on any atom is -0.504 e. The fourth-order valence-corrected chi connectivity index (χ4v) is 4.33. The Morgan fingerprint density at radius 3 is 2.51 bits per heavy atom. The van der Waals surface area contributed by atoms with Crippen LogP contribution >= 0.6 is 0 Å². The number of benzene rings is 2. The standard InChI is InChI=1S/C30H36O9/c1-8-9-20-19(10-11-22(34-7)27(20)32)23-14-21(31)26-24(37-23)12-17(13-25(26)38-28(33)29(2,3)4)35-15-18-16-36-30(5,6)39-18/h10-14,18,32H,8-9,15-16H2,1-7H3. The molecule has 2 heterocycles. The molecular weight excluding hydrogens is 504 g/mol. The predicted octanol–water partition coefficient (Wildman–Crippen LogP) is 5.61. The number of hydrogen-bond donors (Lipinski definition) is 1. The van der Waals surface area contributed by atoms with E-state index in [1.54, 1.807) is 39.0 Å². The molecule has 1 unspecified atom stereocenters. The lowest BCUT2D eigenvalue weighted by Gasteiger charge is -2.19. The highest BCUT2D eigenvalue weighted by Crippen LogP contribution is 2.40. The smallest absolute Gasteiger partial charge is 0.316 e. The van der Waals surface area contributed by atoms with Crippen LogP contribution in [0.4, 0.5) is 0 Å². The number of carbonyl (C=O) groups excluding carboxylic acids is 1. The zero-order valence-electron chi connectivity index (χ0n) is 23.5. The van der Waals surface area contributed by atoms with E-state index >= 15 is 0 Å². The van der Waals surface area contributed by atoms with E-state index in [0.717, 1.165) is 6.42 Å². The van der Waals surface area contributed by atoms with Crippen molar-refractivity contribution in [3.8, 4) is 34.3 Å². The van der Waals surface area contributed by atoms with Crippen molar-refractivity contribution in [2.24, 2.45) is 5.41 Å². The van der Waals surface area contributed by atoms with Crippen LogP contribution in [0.15, 0.2) is 39.5 Å². The molecule has 0 radical (unpaired) electrons. The molecule has 0 aliphatic carbocycles. The van der Waals surface area contributed by atoms with Crippen LogP contribution in [0.3, 0.4) is 0 Å². The van der Waals surface area contributed by atoms with Gasteiger partial charge in [-0.1, -0.05) is 13.3 Å². The quantitative estimate of drug-likeness (QED) is 0.288. The molecule has 39 heavy (non-hydrogen) atoms. The second kappa shape index (κ2) is 10.9. The normalized spacial score (nSPS) is 16.8. The molecule has 0 saturated carbocycles. The third kappa shape index (κ3) is 6.20. The SMILES string of the molecule is CCCc1c(-c2cc(=O)c3c(OC(=O)C(C)(C)C)cc(OCC4COC(C)(C)O4)cc3o2)ccc(OC)c1O. The van der Waals surface area contributed by atoms with Crippen LogP contribution in [0.5, 0.6) is 23.0 Å². The van der Waals surface area contributed by atoms with Gasteiger partial charge in [-0.05, 0) is 53.2 Å². The van der Waals surface area contributed by atoms with Gasteiger partial charge in [0.05, 0.1) is 19.1 Å². The number of carbonyl (C=O) groups is 1. The van der Waals surface area contributed by atoms with E-state index in [2.05, 4.69) is 0 Å². The number of fused-ring (bicyclic) bond motifs is 1. The van der Waals surface area contributed by atoms with Gasteiger partial charge in [-0.15, -0.1) is 0 Å². The van der Waals surface area contributed by atoms with Crippen LogP contribution in [0.25, 0.3) is 22.3 Å². The lowest BCUT2D eigenvalue weighted by Crippen LogP contribution is -2.26. The van der Waals surface area contributed by atoms with Gasteiger partial charge in [0.25, 0.3) is 0 Å². The Balaban J connectivity index is 1.82. The minimum atomic E-state index is -0.806. The van der Waals surface area contributed by atoms with Crippen LogP contribution in [0, 0.1) is 5.41 Å². The van der Waals surface area contributed by atoms with Crippen LogP contribution in [0.1, 0.15) is 53.5 Å². The van der Waals surface area contributed by atoms with Crippen molar-refractivity contribution in [2.75, 3.05) is 20.3 Å². The van der Waals surface area contributed by atoms with Crippen molar-refractivity contribution in [1.29, 1.82) is 0 Å². The van der Waals surface area contributed by atoms with Crippen molar-refractivity contribution in [2.45, 2.75) is 66.3 Å². The Morgan fingerprint density at radius 2 is 1.90 bits per heavy atom.